The fraction of sp³-hybridized carbons (Fsp3) is 0.588. The zero-order chi connectivity index (χ0) is 17.7. The fourth-order valence-corrected chi connectivity index (χ4v) is 4.52. The van der Waals surface area contributed by atoms with E-state index in [2.05, 4.69) is 5.32 Å². The molecule has 1 fully saturated rings. The third kappa shape index (κ3) is 3.96. The van der Waals surface area contributed by atoms with Crippen LogP contribution in [0.15, 0.2) is 29.2 Å². The lowest BCUT2D eigenvalue weighted by Gasteiger charge is -2.32. The lowest BCUT2D eigenvalue weighted by atomic mass is 10.0. The summed E-state index contributed by atoms with van der Waals surface area (Å²) in [7, 11) is -1.57. The molecular formula is C17H27N3O3S. The van der Waals surface area contributed by atoms with Gasteiger partial charge >= 0.3 is 0 Å². The minimum Gasteiger partial charge on any atom is -0.337 e. The van der Waals surface area contributed by atoms with E-state index < -0.39 is 10.0 Å². The van der Waals surface area contributed by atoms with E-state index in [-0.39, 0.29) is 10.8 Å². The minimum atomic E-state index is -3.48. The van der Waals surface area contributed by atoms with Gasteiger partial charge in [-0.3, -0.25) is 4.79 Å². The molecule has 0 aromatic heterocycles. The maximum absolute atomic E-state index is 12.6. The number of hydrogen-bond donors (Lipinski definition) is 1. The largest absolute Gasteiger partial charge is 0.337 e. The van der Waals surface area contributed by atoms with Crippen LogP contribution in [0.1, 0.15) is 37.0 Å². The summed E-state index contributed by atoms with van der Waals surface area (Å²) in [5.41, 5.74) is 0.533. The quantitative estimate of drug-likeness (QED) is 0.842. The Bertz CT molecular complexity index is 654. The summed E-state index contributed by atoms with van der Waals surface area (Å²) in [6.45, 7) is 5.92. The Morgan fingerprint density at radius 1 is 1.25 bits per heavy atom. The lowest BCUT2D eigenvalue weighted by Crippen LogP contribution is -2.46. The van der Waals surface area contributed by atoms with Gasteiger partial charge in [-0.15, -0.1) is 0 Å². The molecular weight excluding hydrogens is 326 g/mol. The van der Waals surface area contributed by atoms with Crippen molar-refractivity contribution in [2.45, 2.75) is 37.6 Å². The van der Waals surface area contributed by atoms with Crippen LogP contribution in [0, 0.1) is 0 Å². The van der Waals surface area contributed by atoms with Crippen LogP contribution in [0.2, 0.25) is 0 Å². The molecule has 1 N–H and O–H groups in total. The van der Waals surface area contributed by atoms with Gasteiger partial charge in [-0.1, -0.05) is 13.8 Å². The van der Waals surface area contributed by atoms with Gasteiger partial charge in [0.2, 0.25) is 10.0 Å². The number of carbonyl (C=O) groups excluding carboxylic acids is 1. The number of benzene rings is 1. The number of amides is 1. The second-order valence-electron chi connectivity index (χ2n) is 5.99. The van der Waals surface area contributed by atoms with Crippen LogP contribution in [-0.2, 0) is 10.0 Å². The Labute approximate surface area is 144 Å². The molecule has 1 aromatic rings. The van der Waals surface area contributed by atoms with Crippen molar-refractivity contribution in [1.82, 2.24) is 14.5 Å². The Balaban J connectivity index is 2.15. The Kier molecular flexibility index (Phi) is 6.37. The molecule has 6 nitrogen and oxygen atoms in total. The number of rotatable bonds is 6. The molecule has 1 saturated heterocycles. The van der Waals surface area contributed by atoms with E-state index in [1.807, 2.05) is 25.8 Å². The number of sulfonamides is 1. The van der Waals surface area contributed by atoms with Crippen LogP contribution in [-0.4, -0.2) is 62.8 Å². The van der Waals surface area contributed by atoms with E-state index in [0.29, 0.717) is 31.2 Å². The maximum atomic E-state index is 12.6. The van der Waals surface area contributed by atoms with Crippen molar-refractivity contribution in [1.29, 1.82) is 0 Å². The first-order valence-corrected chi connectivity index (χ1v) is 9.94. The second-order valence-corrected chi connectivity index (χ2v) is 7.93. The fourth-order valence-electron chi connectivity index (χ4n) is 3.06. The molecule has 2 rings (SSSR count). The first-order chi connectivity index (χ1) is 11.4. The molecule has 0 saturated carbocycles. The summed E-state index contributed by atoms with van der Waals surface area (Å²) in [4.78, 5) is 14.7. The molecule has 1 aliphatic heterocycles. The molecule has 1 heterocycles. The van der Waals surface area contributed by atoms with E-state index in [4.69, 9.17) is 0 Å². The van der Waals surface area contributed by atoms with Gasteiger partial charge in [0, 0.05) is 37.8 Å². The summed E-state index contributed by atoms with van der Waals surface area (Å²) >= 11 is 0. The molecule has 24 heavy (non-hydrogen) atoms. The van der Waals surface area contributed by atoms with Crippen molar-refractivity contribution in [3.8, 4) is 0 Å². The monoisotopic (exact) mass is 353 g/mol. The summed E-state index contributed by atoms with van der Waals surface area (Å²) < 4.78 is 26.4. The predicted molar refractivity (Wildman–Crippen MR) is 94.5 cm³/mol. The molecule has 1 atom stereocenters. The predicted octanol–water partition coefficient (Wildman–Crippen LogP) is 1.54. The molecule has 0 radical (unpaired) electrons. The molecule has 1 unspecified atom stereocenters. The Morgan fingerprint density at radius 3 is 2.42 bits per heavy atom. The summed E-state index contributed by atoms with van der Waals surface area (Å²) in [5, 5.41) is 3.22. The van der Waals surface area contributed by atoms with Crippen LogP contribution < -0.4 is 5.32 Å². The van der Waals surface area contributed by atoms with Crippen LogP contribution >= 0.6 is 0 Å². The van der Waals surface area contributed by atoms with Crippen molar-refractivity contribution >= 4 is 15.9 Å². The first kappa shape index (κ1) is 18.9. The highest BCUT2D eigenvalue weighted by molar-refractivity contribution is 7.89. The number of piperidine rings is 1. The summed E-state index contributed by atoms with van der Waals surface area (Å²) in [6, 6.07) is 6.61. The second kappa shape index (κ2) is 8.09. The zero-order valence-corrected chi connectivity index (χ0v) is 15.5. The van der Waals surface area contributed by atoms with Gasteiger partial charge in [0.25, 0.3) is 5.91 Å². The summed E-state index contributed by atoms with van der Waals surface area (Å²) in [5.74, 6) is -0.0401. The average Bonchev–Trinajstić information content (AvgIpc) is 2.62. The minimum absolute atomic E-state index is 0.0401. The molecule has 1 amide bonds. The van der Waals surface area contributed by atoms with Gasteiger partial charge in [-0.05, 0) is 44.2 Å². The van der Waals surface area contributed by atoms with E-state index in [9.17, 15) is 13.2 Å². The molecule has 0 bridgehead atoms. The average molecular weight is 353 g/mol. The maximum Gasteiger partial charge on any atom is 0.253 e. The van der Waals surface area contributed by atoms with Crippen molar-refractivity contribution in [3.63, 3.8) is 0 Å². The van der Waals surface area contributed by atoms with Gasteiger partial charge in [0.1, 0.15) is 0 Å². The van der Waals surface area contributed by atoms with Crippen LogP contribution in [0.3, 0.4) is 0 Å². The summed E-state index contributed by atoms with van der Waals surface area (Å²) in [6.07, 6.45) is 2.05. The number of hydrogen-bond acceptors (Lipinski definition) is 4. The van der Waals surface area contributed by atoms with Crippen molar-refractivity contribution in [2.75, 3.05) is 33.2 Å². The van der Waals surface area contributed by atoms with Gasteiger partial charge < -0.3 is 10.2 Å². The van der Waals surface area contributed by atoms with E-state index in [1.165, 1.54) is 16.4 Å². The lowest BCUT2D eigenvalue weighted by molar-refractivity contribution is 0.0698. The molecule has 1 aromatic carbocycles. The van der Waals surface area contributed by atoms with Crippen molar-refractivity contribution in [2.24, 2.45) is 0 Å². The van der Waals surface area contributed by atoms with E-state index >= 15 is 0 Å². The number of nitrogens with one attached hydrogen (secondary N) is 1. The molecule has 7 heteroatoms. The van der Waals surface area contributed by atoms with E-state index in [1.54, 1.807) is 12.1 Å². The third-order valence-corrected chi connectivity index (χ3v) is 6.63. The Morgan fingerprint density at radius 2 is 1.88 bits per heavy atom. The third-order valence-electron chi connectivity index (χ3n) is 4.56. The zero-order valence-electron chi connectivity index (χ0n) is 14.7. The van der Waals surface area contributed by atoms with Gasteiger partial charge in [0.05, 0.1) is 4.90 Å². The normalized spacial score (nSPS) is 18.8. The number of likely N-dealkylation sites (tertiary alicyclic amines) is 1. The van der Waals surface area contributed by atoms with Gasteiger partial charge in [-0.2, -0.15) is 4.31 Å². The van der Waals surface area contributed by atoms with E-state index in [0.717, 1.165) is 19.4 Å². The van der Waals surface area contributed by atoms with Crippen molar-refractivity contribution in [3.05, 3.63) is 29.8 Å². The number of carbonyl (C=O) groups is 1. The standard InChI is InChI=1S/C17H27N3O3S/c1-4-20(5-2)24(22,23)16-10-8-14(9-11-16)17(21)19-12-6-7-15(13-19)18-3/h8-11,15,18H,4-7,12-13H2,1-3H3. The van der Waals surface area contributed by atoms with Crippen LogP contribution in [0.25, 0.3) is 0 Å². The highest BCUT2D eigenvalue weighted by Gasteiger charge is 2.25. The molecule has 134 valence electrons. The number of likely N-dealkylation sites (N-methyl/N-ethyl adjacent to an activating group) is 1. The molecule has 0 aliphatic carbocycles. The molecule has 0 spiro atoms. The van der Waals surface area contributed by atoms with Gasteiger partial charge in [0.15, 0.2) is 0 Å². The molecule has 1 aliphatic rings. The highest BCUT2D eigenvalue weighted by Crippen LogP contribution is 2.18. The Hall–Kier alpha value is -1.44. The van der Waals surface area contributed by atoms with Gasteiger partial charge in [-0.25, -0.2) is 8.42 Å². The highest BCUT2D eigenvalue weighted by atomic mass is 32.2. The van der Waals surface area contributed by atoms with Crippen molar-refractivity contribution < 1.29 is 13.2 Å². The van der Waals surface area contributed by atoms with Crippen LogP contribution in [0.5, 0.6) is 0 Å². The topological polar surface area (TPSA) is 69.7 Å². The number of nitrogens with zero attached hydrogens (tertiary/aromatic N) is 2. The smallest absolute Gasteiger partial charge is 0.253 e. The SMILES string of the molecule is CCN(CC)S(=O)(=O)c1ccc(C(=O)N2CCCC(NC)C2)cc1. The first-order valence-electron chi connectivity index (χ1n) is 8.50. The van der Waals surface area contributed by atoms with Crippen LogP contribution in [0.4, 0.5) is 0 Å².